The van der Waals surface area contributed by atoms with E-state index in [1.807, 2.05) is 50.2 Å². The molecule has 5 aromatic rings. The number of halogens is 1. The summed E-state index contributed by atoms with van der Waals surface area (Å²) in [5.74, 6) is 0.616. The van der Waals surface area contributed by atoms with Crippen LogP contribution in [0.25, 0.3) is 50.3 Å². The highest BCUT2D eigenvalue weighted by atomic mass is 19.1. The number of imidazole rings is 1. The lowest BCUT2D eigenvalue weighted by Gasteiger charge is -2.12. The number of benzene rings is 2. The lowest BCUT2D eigenvalue weighted by atomic mass is 10.1. The van der Waals surface area contributed by atoms with Crippen LogP contribution in [0, 0.1) is 5.82 Å². The second-order valence-electron chi connectivity index (χ2n) is 9.06. The first-order valence-electron chi connectivity index (χ1n) is 12.0. The summed E-state index contributed by atoms with van der Waals surface area (Å²) in [4.78, 5) is 22.4. The van der Waals surface area contributed by atoms with Crippen molar-refractivity contribution in [2.45, 2.75) is 6.92 Å². The Labute approximate surface area is 218 Å². The van der Waals surface area contributed by atoms with Gasteiger partial charge in [0.05, 0.1) is 16.7 Å². The second-order valence-corrected chi connectivity index (χ2v) is 9.06. The SMILES string of the molecule is C=NC=N/C=C(\C)c1ccc2[nH]nc(-c3nc4c(-c5cc(F)cc(OCCN(C)C)c5)nccc4[nH]3)c2c1. The van der Waals surface area contributed by atoms with Crippen LogP contribution in [0.5, 0.6) is 5.75 Å². The number of rotatable bonds is 9. The van der Waals surface area contributed by atoms with Gasteiger partial charge >= 0.3 is 0 Å². The van der Waals surface area contributed by atoms with Gasteiger partial charge in [0.1, 0.15) is 35.7 Å². The van der Waals surface area contributed by atoms with Crippen molar-refractivity contribution in [3.8, 4) is 28.5 Å². The van der Waals surface area contributed by atoms with Crippen LogP contribution < -0.4 is 4.74 Å². The molecule has 3 heterocycles. The number of hydrogen-bond donors (Lipinski definition) is 2. The maximum Gasteiger partial charge on any atom is 0.159 e. The number of ether oxygens (including phenoxy) is 1. The molecule has 0 bridgehead atoms. The smallest absolute Gasteiger partial charge is 0.159 e. The van der Waals surface area contributed by atoms with Gasteiger partial charge in [-0.1, -0.05) is 6.07 Å². The molecule has 0 atom stereocenters. The lowest BCUT2D eigenvalue weighted by molar-refractivity contribution is 0.260. The van der Waals surface area contributed by atoms with Crippen LogP contribution in [-0.2, 0) is 0 Å². The highest BCUT2D eigenvalue weighted by Gasteiger charge is 2.17. The minimum absolute atomic E-state index is 0.403. The van der Waals surface area contributed by atoms with Crippen LogP contribution in [0.2, 0.25) is 0 Å². The standard InChI is InChI=1S/C28H27FN8O/c1-17(15-31-16-30-2)18-5-6-23-22(13-18)26(36-35-23)28-33-24-7-8-32-25(27(24)34-28)19-11-20(29)14-21(12-19)38-10-9-37(3)4/h5-8,11-16H,2,9-10H2,1,3-4H3,(H,33,34)(H,35,36)/b17-15+,31-16?. The van der Waals surface area contributed by atoms with Crippen LogP contribution in [-0.4, -0.2) is 70.4 Å². The van der Waals surface area contributed by atoms with Crippen molar-refractivity contribution in [2.24, 2.45) is 9.98 Å². The quantitative estimate of drug-likeness (QED) is 0.206. The third-order valence-corrected chi connectivity index (χ3v) is 6.01. The third kappa shape index (κ3) is 5.21. The van der Waals surface area contributed by atoms with Gasteiger partial charge in [-0.3, -0.25) is 15.1 Å². The molecule has 0 amide bonds. The highest BCUT2D eigenvalue weighted by Crippen LogP contribution is 2.33. The Bertz CT molecular complexity index is 1680. The maximum atomic E-state index is 14.5. The van der Waals surface area contributed by atoms with E-state index in [2.05, 4.69) is 36.9 Å². The molecule has 0 aliphatic carbocycles. The van der Waals surface area contributed by atoms with Gasteiger partial charge < -0.3 is 14.6 Å². The number of fused-ring (bicyclic) bond motifs is 2. The third-order valence-electron chi connectivity index (χ3n) is 6.01. The zero-order valence-corrected chi connectivity index (χ0v) is 21.4. The topological polar surface area (TPSA) is 107 Å². The Kier molecular flexibility index (Phi) is 7.05. The number of nitrogens with zero attached hydrogens (tertiary/aromatic N) is 6. The molecule has 10 heteroatoms. The molecule has 0 aliphatic rings. The molecule has 0 saturated heterocycles. The van der Waals surface area contributed by atoms with Crippen LogP contribution >= 0.6 is 0 Å². The Morgan fingerprint density at radius 2 is 2.00 bits per heavy atom. The summed E-state index contributed by atoms with van der Waals surface area (Å²) in [6.07, 6.45) is 4.79. The molecule has 3 aromatic heterocycles. The predicted molar refractivity (Wildman–Crippen MR) is 150 cm³/mol. The van der Waals surface area contributed by atoms with Gasteiger partial charge in [0.25, 0.3) is 0 Å². The first kappa shape index (κ1) is 25.0. The van der Waals surface area contributed by atoms with Crippen molar-refractivity contribution in [3.63, 3.8) is 0 Å². The Morgan fingerprint density at radius 1 is 1.13 bits per heavy atom. The van der Waals surface area contributed by atoms with Crippen LogP contribution in [0.4, 0.5) is 4.39 Å². The molecule has 2 N–H and O–H groups in total. The summed E-state index contributed by atoms with van der Waals surface area (Å²) >= 11 is 0. The van der Waals surface area contributed by atoms with E-state index in [0.717, 1.165) is 34.1 Å². The lowest BCUT2D eigenvalue weighted by Crippen LogP contribution is -2.19. The Balaban J connectivity index is 1.54. The number of pyridine rings is 1. The van der Waals surface area contributed by atoms with Crippen molar-refractivity contribution in [1.82, 2.24) is 30.0 Å². The van der Waals surface area contributed by atoms with E-state index < -0.39 is 5.82 Å². The molecular weight excluding hydrogens is 483 g/mol. The molecular formula is C28H27FN8O. The van der Waals surface area contributed by atoms with E-state index >= 15 is 0 Å². The van der Waals surface area contributed by atoms with Crippen LogP contribution in [0.3, 0.4) is 0 Å². The highest BCUT2D eigenvalue weighted by molar-refractivity contribution is 5.97. The van der Waals surface area contributed by atoms with E-state index in [1.165, 1.54) is 18.5 Å². The summed E-state index contributed by atoms with van der Waals surface area (Å²) in [6, 6.07) is 12.4. The number of hydrogen-bond acceptors (Lipinski definition) is 6. The van der Waals surface area contributed by atoms with Gasteiger partial charge in [0, 0.05) is 36.0 Å². The second kappa shape index (κ2) is 10.7. The summed E-state index contributed by atoms with van der Waals surface area (Å²) in [6.45, 7) is 6.53. The fourth-order valence-electron chi connectivity index (χ4n) is 4.09. The normalized spacial score (nSPS) is 12.3. The van der Waals surface area contributed by atoms with Gasteiger partial charge in [-0.25, -0.2) is 14.4 Å². The minimum atomic E-state index is -0.403. The summed E-state index contributed by atoms with van der Waals surface area (Å²) in [5, 5.41) is 8.49. The van der Waals surface area contributed by atoms with Gasteiger partial charge in [0.2, 0.25) is 0 Å². The molecule has 5 rings (SSSR count). The van der Waals surface area contributed by atoms with E-state index in [9.17, 15) is 4.39 Å². The fourth-order valence-corrected chi connectivity index (χ4v) is 4.09. The first-order valence-corrected chi connectivity index (χ1v) is 12.0. The Hall–Kier alpha value is -4.70. The number of aromatic nitrogens is 5. The first-order chi connectivity index (χ1) is 18.4. The summed E-state index contributed by atoms with van der Waals surface area (Å²) in [7, 11) is 3.91. The molecule has 0 aliphatic heterocycles. The van der Waals surface area contributed by atoms with E-state index in [4.69, 9.17) is 9.72 Å². The molecule has 192 valence electrons. The number of nitrogens with one attached hydrogen (secondary N) is 2. The van der Waals surface area contributed by atoms with Crippen molar-refractivity contribution in [3.05, 3.63) is 66.2 Å². The number of likely N-dealkylation sites (N-methyl/N-ethyl adjacent to an activating group) is 1. The molecule has 0 radical (unpaired) electrons. The number of H-pyrrole nitrogens is 2. The van der Waals surface area contributed by atoms with Crippen molar-refractivity contribution in [2.75, 3.05) is 27.2 Å². The average Bonchev–Trinajstić information content (AvgIpc) is 3.51. The molecule has 9 nitrogen and oxygen atoms in total. The van der Waals surface area contributed by atoms with Crippen molar-refractivity contribution >= 4 is 40.6 Å². The number of aliphatic imine (C=N–C) groups is 2. The number of allylic oxidation sites excluding steroid dienone is 1. The van der Waals surface area contributed by atoms with Crippen LogP contribution in [0.15, 0.2) is 64.8 Å². The molecule has 0 saturated carbocycles. The van der Waals surface area contributed by atoms with Gasteiger partial charge in [-0.2, -0.15) is 5.10 Å². The van der Waals surface area contributed by atoms with Crippen molar-refractivity contribution < 1.29 is 9.13 Å². The predicted octanol–water partition coefficient (Wildman–Crippen LogP) is 5.34. The zero-order chi connectivity index (χ0) is 26.6. The zero-order valence-electron chi connectivity index (χ0n) is 21.4. The minimum Gasteiger partial charge on any atom is -0.492 e. The fraction of sp³-hybridized carbons (Fsp3) is 0.179. The summed E-state index contributed by atoms with van der Waals surface area (Å²) < 4.78 is 20.3. The van der Waals surface area contributed by atoms with Crippen molar-refractivity contribution in [1.29, 1.82) is 0 Å². The van der Waals surface area contributed by atoms with E-state index in [-0.39, 0.29) is 0 Å². The largest absolute Gasteiger partial charge is 0.492 e. The van der Waals surface area contributed by atoms with Gasteiger partial charge in [0.15, 0.2) is 5.82 Å². The average molecular weight is 511 g/mol. The van der Waals surface area contributed by atoms with Crippen LogP contribution in [0.1, 0.15) is 12.5 Å². The summed E-state index contributed by atoms with van der Waals surface area (Å²) in [5.41, 5.74) is 6.00. The van der Waals surface area contributed by atoms with E-state index in [1.54, 1.807) is 18.5 Å². The maximum absolute atomic E-state index is 14.5. The van der Waals surface area contributed by atoms with Gasteiger partial charge in [-0.15, -0.1) is 0 Å². The monoisotopic (exact) mass is 510 g/mol. The molecule has 0 fully saturated rings. The van der Waals surface area contributed by atoms with Gasteiger partial charge in [-0.05, 0) is 69.2 Å². The van der Waals surface area contributed by atoms with E-state index in [0.29, 0.717) is 40.6 Å². The molecule has 0 unspecified atom stereocenters. The molecule has 0 spiro atoms. The Morgan fingerprint density at radius 3 is 2.82 bits per heavy atom. The molecule has 38 heavy (non-hydrogen) atoms. The number of aromatic amines is 2. The molecule has 2 aromatic carbocycles.